The lowest BCUT2D eigenvalue weighted by Crippen LogP contribution is -2.47. The molecule has 1 unspecified atom stereocenters. The van der Waals surface area contributed by atoms with Crippen LogP contribution in [-0.2, 0) is 4.74 Å². The number of thiophene rings is 1. The SMILES string of the molecule is O=C(NC(c1cccs1)C1(CO)CCC1)OCC1c2ccccc2-c2ccccc21. The van der Waals surface area contributed by atoms with Gasteiger partial charge in [-0.25, -0.2) is 4.79 Å². The molecule has 0 bridgehead atoms. The first kappa shape index (κ1) is 19.3. The summed E-state index contributed by atoms with van der Waals surface area (Å²) in [6, 6.07) is 20.4. The molecule has 1 amide bonds. The Kier molecular flexibility index (Phi) is 5.09. The lowest BCUT2D eigenvalue weighted by molar-refractivity contribution is 0.00557. The molecule has 1 fully saturated rings. The standard InChI is InChI=1S/C25H25NO3S/c27-16-25(12-6-13-25)23(22-11-5-14-30-22)26-24(28)29-15-21-19-9-3-1-7-17(19)18-8-2-4-10-20(18)21/h1-5,7-11,14,21,23,27H,6,12-13,15-16H2,(H,26,28). The molecule has 0 radical (unpaired) electrons. The van der Waals surface area contributed by atoms with Gasteiger partial charge >= 0.3 is 6.09 Å². The van der Waals surface area contributed by atoms with Crippen molar-refractivity contribution in [2.45, 2.75) is 31.2 Å². The van der Waals surface area contributed by atoms with Crippen LogP contribution in [0.3, 0.4) is 0 Å². The van der Waals surface area contributed by atoms with E-state index in [1.165, 1.54) is 22.3 Å². The zero-order chi connectivity index (χ0) is 20.6. The molecule has 30 heavy (non-hydrogen) atoms. The molecule has 0 spiro atoms. The predicted molar refractivity (Wildman–Crippen MR) is 119 cm³/mol. The van der Waals surface area contributed by atoms with Gasteiger partial charge in [0.05, 0.1) is 12.6 Å². The maximum absolute atomic E-state index is 12.8. The highest BCUT2D eigenvalue weighted by Gasteiger charge is 2.46. The Morgan fingerprint density at radius 3 is 2.27 bits per heavy atom. The first-order valence-corrected chi connectivity index (χ1v) is 11.4. The molecular weight excluding hydrogens is 394 g/mol. The Morgan fingerprint density at radius 2 is 1.73 bits per heavy atom. The highest BCUT2D eigenvalue weighted by molar-refractivity contribution is 7.10. The predicted octanol–water partition coefficient (Wildman–Crippen LogP) is 5.49. The largest absolute Gasteiger partial charge is 0.449 e. The van der Waals surface area contributed by atoms with Gasteiger partial charge in [-0.05, 0) is 46.5 Å². The number of nitrogens with one attached hydrogen (secondary N) is 1. The Bertz CT molecular complexity index is 991. The van der Waals surface area contributed by atoms with Crippen molar-refractivity contribution in [2.75, 3.05) is 13.2 Å². The molecule has 2 aliphatic carbocycles. The zero-order valence-electron chi connectivity index (χ0n) is 16.7. The summed E-state index contributed by atoms with van der Waals surface area (Å²) in [5.74, 6) is 0.0406. The van der Waals surface area contributed by atoms with Crippen LogP contribution in [0, 0.1) is 5.41 Å². The van der Waals surface area contributed by atoms with E-state index in [0.29, 0.717) is 6.61 Å². The van der Waals surface area contributed by atoms with Gasteiger partial charge in [-0.15, -0.1) is 11.3 Å². The minimum Gasteiger partial charge on any atom is -0.449 e. The molecular formula is C25H25NO3S. The van der Waals surface area contributed by atoms with Crippen molar-refractivity contribution in [2.24, 2.45) is 5.41 Å². The van der Waals surface area contributed by atoms with Gasteiger partial charge in [0.1, 0.15) is 6.61 Å². The monoisotopic (exact) mass is 419 g/mol. The molecule has 1 heterocycles. The molecule has 0 saturated heterocycles. The second kappa shape index (κ2) is 7.89. The number of amides is 1. The molecule has 154 valence electrons. The molecule has 0 aliphatic heterocycles. The molecule has 2 aliphatic rings. The van der Waals surface area contributed by atoms with Gasteiger partial charge < -0.3 is 15.2 Å². The number of carbonyl (C=O) groups is 1. The van der Waals surface area contributed by atoms with Crippen LogP contribution in [0.25, 0.3) is 11.1 Å². The molecule has 1 atom stereocenters. The Balaban J connectivity index is 1.33. The second-order valence-corrected chi connectivity index (χ2v) is 9.27. The third-order valence-electron chi connectivity index (χ3n) is 6.71. The summed E-state index contributed by atoms with van der Waals surface area (Å²) in [4.78, 5) is 13.9. The minimum absolute atomic E-state index is 0.0406. The fourth-order valence-corrected chi connectivity index (χ4v) is 5.82. The third-order valence-corrected chi connectivity index (χ3v) is 7.65. The van der Waals surface area contributed by atoms with Crippen LogP contribution in [-0.4, -0.2) is 24.4 Å². The number of alkyl carbamates (subject to hydrolysis) is 1. The average Bonchev–Trinajstić information content (AvgIpc) is 3.38. The van der Waals surface area contributed by atoms with Crippen molar-refractivity contribution < 1.29 is 14.6 Å². The van der Waals surface area contributed by atoms with E-state index < -0.39 is 6.09 Å². The molecule has 3 aromatic rings. The highest BCUT2D eigenvalue weighted by Crippen LogP contribution is 2.51. The molecule has 5 heteroatoms. The topological polar surface area (TPSA) is 58.6 Å². The second-order valence-electron chi connectivity index (χ2n) is 8.29. The number of fused-ring (bicyclic) bond motifs is 3. The van der Waals surface area contributed by atoms with Crippen molar-refractivity contribution in [1.82, 2.24) is 5.32 Å². The van der Waals surface area contributed by atoms with Crippen LogP contribution in [0.4, 0.5) is 4.79 Å². The van der Waals surface area contributed by atoms with E-state index in [0.717, 1.165) is 24.1 Å². The maximum atomic E-state index is 12.8. The first-order chi connectivity index (χ1) is 14.7. The summed E-state index contributed by atoms with van der Waals surface area (Å²) in [7, 11) is 0. The number of hydrogen-bond acceptors (Lipinski definition) is 4. The van der Waals surface area contributed by atoms with Crippen molar-refractivity contribution in [3.63, 3.8) is 0 Å². The van der Waals surface area contributed by atoms with Gasteiger partial charge in [0.25, 0.3) is 0 Å². The number of aliphatic hydroxyl groups is 1. The summed E-state index contributed by atoms with van der Waals surface area (Å²) in [6.07, 6.45) is 2.48. The molecule has 4 nitrogen and oxygen atoms in total. The number of hydrogen-bond donors (Lipinski definition) is 2. The maximum Gasteiger partial charge on any atom is 0.407 e. The minimum atomic E-state index is -0.421. The average molecular weight is 420 g/mol. The van der Waals surface area contributed by atoms with Crippen molar-refractivity contribution >= 4 is 17.4 Å². The molecule has 2 N–H and O–H groups in total. The fraction of sp³-hybridized carbons (Fsp3) is 0.320. The number of rotatable bonds is 6. The Morgan fingerprint density at radius 1 is 1.07 bits per heavy atom. The Hall–Kier alpha value is -2.63. The number of benzene rings is 2. The van der Waals surface area contributed by atoms with Gasteiger partial charge in [-0.1, -0.05) is 61.0 Å². The van der Waals surface area contributed by atoms with Crippen LogP contribution in [0.2, 0.25) is 0 Å². The van der Waals surface area contributed by atoms with E-state index in [4.69, 9.17) is 4.74 Å². The lowest BCUT2D eigenvalue weighted by atomic mass is 9.64. The molecule has 2 aromatic carbocycles. The van der Waals surface area contributed by atoms with Crippen molar-refractivity contribution in [3.8, 4) is 11.1 Å². The fourth-order valence-electron chi connectivity index (χ4n) is 4.91. The van der Waals surface area contributed by atoms with Crippen molar-refractivity contribution in [1.29, 1.82) is 0 Å². The number of aliphatic hydroxyl groups excluding tert-OH is 1. The van der Waals surface area contributed by atoms with Gasteiger partial charge in [-0.2, -0.15) is 0 Å². The summed E-state index contributed by atoms with van der Waals surface area (Å²) in [6.45, 7) is 0.363. The van der Waals surface area contributed by atoms with Crippen LogP contribution >= 0.6 is 11.3 Å². The van der Waals surface area contributed by atoms with Crippen LogP contribution in [0.15, 0.2) is 66.0 Å². The first-order valence-electron chi connectivity index (χ1n) is 10.5. The van der Waals surface area contributed by atoms with E-state index in [1.54, 1.807) is 11.3 Å². The summed E-state index contributed by atoms with van der Waals surface area (Å²) >= 11 is 1.61. The quantitative estimate of drug-likeness (QED) is 0.555. The molecule has 5 rings (SSSR count). The number of ether oxygens (including phenoxy) is 1. The zero-order valence-corrected chi connectivity index (χ0v) is 17.5. The third kappa shape index (κ3) is 3.22. The Labute approximate surface area is 180 Å². The van der Waals surface area contributed by atoms with E-state index >= 15 is 0 Å². The van der Waals surface area contributed by atoms with Gasteiger partial charge in [0.2, 0.25) is 0 Å². The van der Waals surface area contributed by atoms with E-state index in [-0.39, 0.29) is 24.0 Å². The summed E-state index contributed by atoms with van der Waals surface area (Å²) in [5, 5.41) is 15.1. The smallest absolute Gasteiger partial charge is 0.407 e. The van der Waals surface area contributed by atoms with E-state index in [2.05, 4.69) is 29.6 Å². The summed E-state index contributed by atoms with van der Waals surface area (Å²) < 4.78 is 5.75. The van der Waals surface area contributed by atoms with Crippen LogP contribution in [0.5, 0.6) is 0 Å². The van der Waals surface area contributed by atoms with Crippen molar-refractivity contribution in [3.05, 3.63) is 82.0 Å². The molecule has 1 saturated carbocycles. The lowest BCUT2D eigenvalue weighted by Gasteiger charge is -2.46. The highest BCUT2D eigenvalue weighted by atomic mass is 32.1. The van der Waals surface area contributed by atoms with Crippen LogP contribution < -0.4 is 5.32 Å². The van der Waals surface area contributed by atoms with Gasteiger partial charge in [-0.3, -0.25) is 0 Å². The molecule has 1 aromatic heterocycles. The van der Waals surface area contributed by atoms with Crippen LogP contribution in [0.1, 0.15) is 47.2 Å². The number of carbonyl (C=O) groups excluding carboxylic acids is 1. The van der Waals surface area contributed by atoms with Gasteiger partial charge in [0, 0.05) is 16.2 Å². The van der Waals surface area contributed by atoms with E-state index in [1.807, 2.05) is 41.8 Å². The van der Waals surface area contributed by atoms with E-state index in [9.17, 15) is 9.90 Å². The van der Waals surface area contributed by atoms with Gasteiger partial charge in [0.15, 0.2) is 0 Å². The summed E-state index contributed by atoms with van der Waals surface area (Å²) in [5.41, 5.74) is 4.55. The normalized spacial score (nSPS) is 17.5.